The highest BCUT2D eigenvalue weighted by molar-refractivity contribution is 5.96. The standard InChI is InChI=1S/C24H30F3N3O4/c1-28-22-15-13-19(32-2)20(33-12-6-11-30-9-3-4-10-30)14-17(15)29-16-7-5-8-18(21(16)22)34-23(31)24(25,26)27/h13-14,18H,3-12H2,1-2H3,(H,28,29). The third kappa shape index (κ3) is 5.16. The third-order valence-corrected chi connectivity index (χ3v) is 6.39. The minimum Gasteiger partial charge on any atom is -0.493 e. The van der Waals surface area contributed by atoms with Crippen LogP contribution >= 0.6 is 0 Å². The number of aromatic nitrogens is 1. The molecule has 7 nitrogen and oxygen atoms in total. The van der Waals surface area contributed by atoms with Crippen LogP contribution in [-0.4, -0.2) is 62.4 Å². The zero-order chi connectivity index (χ0) is 24.3. The molecule has 186 valence electrons. The van der Waals surface area contributed by atoms with Gasteiger partial charge in [-0.25, -0.2) is 4.79 Å². The van der Waals surface area contributed by atoms with Gasteiger partial charge in [-0.3, -0.25) is 4.98 Å². The Bertz CT molecular complexity index is 1040. The molecule has 0 bridgehead atoms. The van der Waals surface area contributed by atoms with E-state index in [9.17, 15) is 18.0 Å². The number of hydrogen-bond acceptors (Lipinski definition) is 7. The van der Waals surface area contributed by atoms with Crippen LogP contribution in [0.2, 0.25) is 0 Å². The molecule has 1 N–H and O–H groups in total. The number of carbonyl (C=O) groups excluding carboxylic acids is 1. The Labute approximate surface area is 196 Å². The molecule has 2 heterocycles. The summed E-state index contributed by atoms with van der Waals surface area (Å²) in [5, 5.41) is 3.74. The van der Waals surface area contributed by atoms with Crippen LogP contribution in [0.3, 0.4) is 0 Å². The van der Waals surface area contributed by atoms with Gasteiger partial charge < -0.3 is 24.4 Å². The number of likely N-dealkylation sites (tertiary alicyclic amines) is 1. The van der Waals surface area contributed by atoms with Crippen molar-refractivity contribution in [2.24, 2.45) is 0 Å². The fourth-order valence-electron chi connectivity index (χ4n) is 4.81. The van der Waals surface area contributed by atoms with Crippen LogP contribution < -0.4 is 14.8 Å². The Hall–Kier alpha value is -2.75. The van der Waals surface area contributed by atoms with E-state index in [1.807, 2.05) is 0 Å². The Morgan fingerprint density at radius 3 is 2.65 bits per heavy atom. The first-order valence-corrected chi connectivity index (χ1v) is 11.7. The van der Waals surface area contributed by atoms with Gasteiger partial charge in [-0.2, -0.15) is 13.2 Å². The SMILES string of the molecule is CNc1c2c(nc3cc(OCCCN4CCCC4)c(OC)cc13)CCCC2OC(=O)C(F)(F)F. The molecular weight excluding hydrogens is 451 g/mol. The lowest BCUT2D eigenvalue weighted by Crippen LogP contribution is -2.29. The van der Waals surface area contributed by atoms with Crippen molar-refractivity contribution in [3.63, 3.8) is 0 Å². The molecule has 0 saturated carbocycles. The van der Waals surface area contributed by atoms with Crippen molar-refractivity contribution in [2.45, 2.75) is 50.8 Å². The van der Waals surface area contributed by atoms with E-state index in [1.54, 1.807) is 19.2 Å². The molecule has 2 aliphatic rings. The number of hydrogen-bond donors (Lipinski definition) is 1. The monoisotopic (exact) mass is 481 g/mol. The van der Waals surface area contributed by atoms with Gasteiger partial charge in [0, 0.05) is 30.6 Å². The Morgan fingerprint density at radius 1 is 1.21 bits per heavy atom. The van der Waals surface area contributed by atoms with E-state index in [-0.39, 0.29) is 0 Å². The molecule has 1 aromatic heterocycles. The van der Waals surface area contributed by atoms with E-state index >= 15 is 0 Å². The largest absolute Gasteiger partial charge is 0.493 e. The van der Waals surface area contributed by atoms with Gasteiger partial charge in [0.1, 0.15) is 6.10 Å². The number of rotatable bonds is 8. The number of nitrogens with one attached hydrogen (secondary N) is 1. The minimum absolute atomic E-state index is 0.298. The highest BCUT2D eigenvalue weighted by atomic mass is 19.4. The number of methoxy groups -OCH3 is 1. The number of esters is 1. The normalized spacial score (nSPS) is 18.6. The summed E-state index contributed by atoms with van der Waals surface area (Å²) >= 11 is 0. The lowest BCUT2D eigenvalue weighted by atomic mass is 9.90. The number of fused-ring (bicyclic) bond motifs is 2. The second-order valence-electron chi connectivity index (χ2n) is 8.65. The van der Waals surface area contributed by atoms with Gasteiger partial charge >= 0.3 is 12.1 Å². The van der Waals surface area contributed by atoms with Gasteiger partial charge in [0.2, 0.25) is 0 Å². The summed E-state index contributed by atoms with van der Waals surface area (Å²) in [7, 11) is 3.22. The topological polar surface area (TPSA) is 72.9 Å². The van der Waals surface area contributed by atoms with E-state index in [2.05, 4.69) is 10.2 Å². The van der Waals surface area contributed by atoms with Crippen molar-refractivity contribution in [1.82, 2.24) is 9.88 Å². The maximum absolute atomic E-state index is 12.8. The lowest BCUT2D eigenvalue weighted by molar-refractivity contribution is -0.205. The molecule has 0 radical (unpaired) electrons. The Morgan fingerprint density at radius 2 is 1.97 bits per heavy atom. The molecular formula is C24H30F3N3O4. The Kier molecular flexibility index (Phi) is 7.35. The Balaban J connectivity index is 1.62. The number of anilines is 1. The van der Waals surface area contributed by atoms with Crippen molar-refractivity contribution in [2.75, 3.05) is 45.7 Å². The molecule has 1 aliphatic carbocycles. The van der Waals surface area contributed by atoms with Crippen molar-refractivity contribution in [1.29, 1.82) is 0 Å². The van der Waals surface area contributed by atoms with Crippen LogP contribution in [0.15, 0.2) is 12.1 Å². The lowest BCUT2D eigenvalue weighted by Gasteiger charge is -2.28. The summed E-state index contributed by atoms with van der Waals surface area (Å²) in [4.78, 5) is 18.7. The molecule has 0 spiro atoms. The molecule has 4 rings (SSSR count). The van der Waals surface area contributed by atoms with Crippen LogP contribution in [0, 0.1) is 0 Å². The fraction of sp³-hybridized carbons (Fsp3) is 0.583. The van der Waals surface area contributed by atoms with Crippen LogP contribution in [-0.2, 0) is 16.0 Å². The van der Waals surface area contributed by atoms with Crippen LogP contribution in [0.1, 0.15) is 49.5 Å². The van der Waals surface area contributed by atoms with Crippen LogP contribution in [0.25, 0.3) is 10.9 Å². The van der Waals surface area contributed by atoms with Gasteiger partial charge in [-0.15, -0.1) is 0 Å². The average Bonchev–Trinajstić information content (AvgIpc) is 3.33. The predicted molar refractivity (Wildman–Crippen MR) is 121 cm³/mol. The van der Waals surface area contributed by atoms with Crippen molar-refractivity contribution < 1.29 is 32.2 Å². The van der Waals surface area contributed by atoms with Crippen LogP contribution in [0.5, 0.6) is 11.5 Å². The number of halogens is 3. The van der Waals surface area contributed by atoms with Gasteiger partial charge in [-0.1, -0.05) is 0 Å². The number of ether oxygens (including phenoxy) is 3. The quantitative estimate of drug-likeness (QED) is 0.435. The van der Waals surface area contributed by atoms with E-state index in [4.69, 9.17) is 19.2 Å². The molecule has 2 aromatic rings. The molecule has 1 unspecified atom stereocenters. The smallest absolute Gasteiger partial charge is 0.490 e. The summed E-state index contributed by atoms with van der Waals surface area (Å²) in [5.41, 5.74) is 2.33. The van der Waals surface area contributed by atoms with Crippen LogP contribution in [0.4, 0.5) is 18.9 Å². The summed E-state index contributed by atoms with van der Waals surface area (Å²) < 4.78 is 54.9. The van der Waals surface area contributed by atoms with Gasteiger partial charge in [0.25, 0.3) is 0 Å². The maximum atomic E-state index is 12.8. The zero-order valence-corrected chi connectivity index (χ0v) is 19.5. The molecule has 10 heteroatoms. The zero-order valence-electron chi connectivity index (χ0n) is 19.5. The number of benzene rings is 1. The molecule has 0 amide bonds. The fourth-order valence-corrected chi connectivity index (χ4v) is 4.81. The molecule has 1 fully saturated rings. The molecule has 1 aliphatic heterocycles. The second kappa shape index (κ2) is 10.2. The number of alkyl halides is 3. The van der Waals surface area contributed by atoms with Crippen molar-refractivity contribution in [3.05, 3.63) is 23.4 Å². The van der Waals surface area contributed by atoms with E-state index in [0.29, 0.717) is 65.2 Å². The molecule has 1 saturated heterocycles. The summed E-state index contributed by atoms with van der Waals surface area (Å²) in [6.07, 6.45) is -1.23. The van der Waals surface area contributed by atoms with Gasteiger partial charge in [-0.05, 0) is 57.7 Å². The predicted octanol–water partition coefficient (Wildman–Crippen LogP) is 4.63. The summed E-state index contributed by atoms with van der Waals surface area (Å²) in [6, 6.07) is 3.57. The summed E-state index contributed by atoms with van der Waals surface area (Å²) in [5.74, 6) is -1.11. The molecule has 1 aromatic carbocycles. The highest BCUT2D eigenvalue weighted by Crippen LogP contribution is 2.43. The van der Waals surface area contributed by atoms with E-state index in [1.165, 1.54) is 20.0 Å². The highest BCUT2D eigenvalue weighted by Gasteiger charge is 2.43. The average molecular weight is 482 g/mol. The van der Waals surface area contributed by atoms with Crippen molar-refractivity contribution in [3.8, 4) is 11.5 Å². The maximum Gasteiger partial charge on any atom is 0.490 e. The first kappa shape index (κ1) is 24.4. The van der Waals surface area contributed by atoms with E-state index < -0.39 is 18.2 Å². The number of pyridine rings is 1. The number of nitrogens with zero attached hydrogens (tertiary/aromatic N) is 2. The number of aryl methyl sites for hydroxylation is 1. The van der Waals surface area contributed by atoms with Crippen molar-refractivity contribution >= 4 is 22.6 Å². The van der Waals surface area contributed by atoms with Gasteiger partial charge in [0.15, 0.2) is 11.5 Å². The van der Waals surface area contributed by atoms with Gasteiger partial charge in [0.05, 0.1) is 30.6 Å². The molecule has 34 heavy (non-hydrogen) atoms. The van der Waals surface area contributed by atoms with E-state index in [0.717, 1.165) is 26.1 Å². The summed E-state index contributed by atoms with van der Waals surface area (Å²) in [6.45, 7) is 3.81. The number of carbonyl (C=O) groups is 1. The first-order valence-electron chi connectivity index (χ1n) is 11.7. The second-order valence-corrected chi connectivity index (χ2v) is 8.65. The molecule has 1 atom stereocenters. The minimum atomic E-state index is -5.05. The first-order chi connectivity index (χ1) is 16.3. The third-order valence-electron chi connectivity index (χ3n) is 6.39.